The predicted octanol–water partition coefficient (Wildman–Crippen LogP) is 2.87. The Morgan fingerprint density at radius 2 is 2.15 bits per heavy atom. The van der Waals surface area contributed by atoms with Gasteiger partial charge in [-0.15, -0.1) is 0 Å². The number of carbonyl (C=O) groups is 1. The Kier molecular flexibility index (Phi) is 5.17. The highest BCUT2D eigenvalue weighted by Gasteiger charge is 2.27. The molecule has 0 aliphatic carbocycles. The number of rotatable bonds is 4. The number of hydrogen-bond acceptors (Lipinski definition) is 6. The Labute approximate surface area is 161 Å². The smallest absolute Gasteiger partial charge is 0.329 e. The minimum absolute atomic E-state index is 0.0860. The molecule has 0 atom stereocenters. The van der Waals surface area contributed by atoms with Crippen LogP contribution in [0.25, 0.3) is 10.2 Å². The first-order valence-corrected chi connectivity index (χ1v) is 9.70. The van der Waals surface area contributed by atoms with Gasteiger partial charge in [0.1, 0.15) is 5.75 Å². The molecule has 3 heterocycles. The van der Waals surface area contributed by atoms with E-state index in [2.05, 4.69) is 10.3 Å². The lowest BCUT2D eigenvalue weighted by Crippen LogP contribution is -2.52. The number of para-hydroxylation sites is 1. The molecule has 27 heavy (non-hydrogen) atoms. The first kappa shape index (κ1) is 17.7. The lowest BCUT2D eigenvalue weighted by atomic mass is 10.2. The number of aryl methyl sites for hydroxylation is 1. The summed E-state index contributed by atoms with van der Waals surface area (Å²) in [6, 6.07) is 9.60. The molecule has 0 unspecified atom stereocenters. The normalized spacial score (nSPS) is 14.3. The van der Waals surface area contributed by atoms with E-state index in [0.717, 1.165) is 28.9 Å². The summed E-state index contributed by atoms with van der Waals surface area (Å²) < 4.78 is 6.89. The molecule has 7 nitrogen and oxygen atoms in total. The number of nitrogens with one attached hydrogen (secondary N) is 1. The highest BCUT2D eigenvalue weighted by atomic mass is 32.1. The Morgan fingerprint density at radius 1 is 1.30 bits per heavy atom. The van der Waals surface area contributed by atoms with Crippen molar-refractivity contribution in [2.24, 2.45) is 0 Å². The van der Waals surface area contributed by atoms with Crippen molar-refractivity contribution in [3.05, 3.63) is 48.3 Å². The fourth-order valence-electron chi connectivity index (χ4n) is 2.98. The quantitative estimate of drug-likeness (QED) is 0.702. The van der Waals surface area contributed by atoms with Crippen molar-refractivity contribution < 1.29 is 9.53 Å². The topological polar surface area (TPSA) is 70.6 Å². The number of ether oxygens (including phenoxy) is 1. The molecule has 3 aromatic rings. The van der Waals surface area contributed by atoms with E-state index < -0.39 is 0 Å². The van der Waals surface area contributed by atoms with Crippen molar-refractivity contribution in [2.75, 3.05) is 37.8 Å². The van der Waals surface area contributed by atoms with Gasteiger partial charge in [0.2, 0.25) is 0 Å². The Bertz CT molecular complexity index is 924. The highest BCUT2D eigenvalue weighted by Crippen LogP contribution is 2.31. The fraction of sp³-hybridized carbons (Fsp3) is 0.316. The van der Waals surface area contributed by atoms with E-state index >= 15 is 0 Å². The lowest BCUT2D eigenvalue weighted by Gasteiger charge is -2.31. The Balaban J connectivity index is 1.63. The molecule has 1 aromatic carbocycles. The standard InChI is InChI=1S/C19H21N5O2S/c1-14-4-2-6-16-17(14)22-18(27-16)24(13-26-15-5-3-7-21-12-15)19(25)23-10-8-20-9-11-23/h2-7,12,20H,8-11,13H2,1H3. The molecule has 8 heteroatoms. The SMILES string of the molecule is Cc1cccc2sc(N(COc3cccnc3)C(=O)N3CCNCC3)nc12. The maximum atomic E-state index is 13.2. The number of nitrogens with zero attached hydrogens (tertiary/aromatic N) is 4. The summed E-state index contributed by atoms with van der Waals surface area (Å²) in [6.07, 6.45) is 3.32. The second-order valence-corrected chi connectivity index (χ2v) is 7.34. The zero-order valence-electron chi connectivity index (χ0n) is 15.1. The molecular weight excluding hydrogens is 362 g/mol. The summed E-state index contributed by atoms with van der Waals surface area (Å²) >= 11 is 1.50. The van der Waals surface area contributed by atoms with Crippen LogP contribution >= 0.6 is 11.3 Å². The summed E-state index contributed by atoms with van der Waals surface area (Å²) in [7, 11) is 0. The third-order valence-electron chi connectivity index (χ3n) is 4.45. The van der Waals surface area contributed by atoms with E-state index in [9.17, 15) is 4.79 Å². The molecule has 0 bridgehead atoms. The van der Waals surface area contributed by atoms with Crippen LogP contribution in [0.4, 0.5) is 9.93 Å². The molecule has 2 amide bonds. The average Bonchev–Trinajstić information content (AvgIpc) is 3.15. The number of fused-ring (bicyclic) bond motifs is 1. The molecule has 0 saturated carbocycles. The molecular formula is C19H21N5O2S. The minimum atomic E-state index is -0.0860. The van der Waals surface area contributed by atoms with Crippen molar-refractivity contribution in [3.8, 4) is 5.75 Å². The number of carbonyl (C=O) groups excluding carboxylic acids is 1. The monoisotopic (exact) mass is 383 g/mol. The van der Waals surface area contributed by atoms with Crippen LogP contribution in [0.2, 0.25) is 0 Å². The van der Waals surface area contributed by atoms with E-state index in [1.807, 2.05) is 36.1 Å². The molecule has 1 aliphatic heterocycles. The third kappa shape index (κ3) is 3.86. The van der Waals surface area contributed by atoms with Crippen molar-refractivity contribution in [1.82, 2.24) is 20.2 Å². The van der Waals surface area contributed by atoms with Gasteiger partial charge in [0.25, 0.3) is 0 Å². The van der Waals surface area contributed by atoms with Gasteiger partial charge in [0, 0.05) is 32.4 Å². The highest BCUT2D eigenvalue weighted by molar-refractivity contribution is 7.22. The van der Waals surface area contributed by atoms with Gasteiger partial charge in [-0.2, -0.15) is 0 Å². The van der Waals surface area contributed by atoms with Crippen LogP contribution in [0, 0.1) is 6.92 Å². The van der Waals surface area contributed by atoms with Crippen molar-refractivity contribution >= 4 is 32.7 Å². The molecule has 2 aromatic heterocycles. The van der Waals surface area contributed by atoms with E-state index in [-0.39, 0.29) is 12.8 Å². The number of thiazole rings is 1. The van der Waals surface area contributed by atoms with Gasteiger partial charge in [0.15, 0.2) is 11.9 Å². The van der Waals surface area contributed by atoms with Gasteiger partial charge in [-0.25, -0.2) is 14.7 Å². The number of amides is 2. The van der Waals surface area contributed by atoms with Crippen molar-refractivity contribution in [2.45, 2.75) is 6.92 Å². The van der Waals surface area contributed by atoms with E-state index in [1.165, 1.54) is 11.3 Å². The van der Waals surface area contributed by atoms with Gasteiger partial charge in [-0.3, -0.25) is 4.98 Å². The van der Waals surface area contributed by atoms with Crippen LogP contribution in [0.3, 0.4) is 0 Å². The molecule has 1 N–H and O–H groups in total. The third-order valence-corrected chi connectivity index (χ3v) is 5.50. The molecule has 1 fully saturated rings. The van der Waals surface area contributed by atoms with E-state index in [1.54, 1.807) is 23.4 Å². The summed E-state index contributed by atoms with van der Waals surface area (Å²) in [5, 5.41) is 3.92. The maximum Gasteiger partial charge on any atom is 0.329 e. The van der Waals surface area contributed by atoms with Crippen molar-refractivity contribution in [3.63, 3.8) is 0 Å². The second-order valence-electron chi connectivity index (χ2n) is 6.33. The molecule has 0 spiro atoms. The fourth-order valence-corrected chi connectivity index (χ4v) is 4.01. The summed E-state index contributed by atoms with van der Waals surface area (Å²) in [5.74, 6) is 0.618. The molecule has 1 saturated heterocycles. The molecule has 1 aliphatic rings. The van der Waals surface area contributed by atoms with Crippen LogP contribution in [0.15, 0.2) is 42.7 Å². The van der Waals surface area contributed by atoms with E-state index in [4.69, 9.17) is 9.72 Å². The average molecular weight is 383 g/mol. The van der Waals surface area contributed by atoms with E-state index in [0.29, 0.717) is 24.0 Å². The minimum Gasteiger partial charge on any atom is -0.471 e. The molecule has 0 radical (unpaired) electrons. The number of piperazine rings is 1. The van der Waals surface area contributed by atoms with Crippen LogP contribution in [0.5, 0.6) is 5.75 Å². The summed E-state index contributed by atoms with van der Waals surface area (Å²) in [4.78, 5) is 25.4. The van der Waals surface area contributed by atoms with Gasteiger partial charge in [0.05, 0.1) is 16.4 Å². The second kappa shape index (κ2) is 7.89. The number of hydrogen-bond donors (Lipinski definition) is 1. The Hall–Kier alpha value is -2.71. The number of benzene rings is 1. The van der Waals surface area contributed by atoms with Gasteiger partial charge in [-0.05, 0) is 30.7 Å². The molecule has 140 valence electrons. The number of aromatic nitrogens is 2. The zero-order valence-corrected chi connectivity index (χ0v) is 15.9. The zero-order chi connectivity index (χ0) is 18.6. The van der Waals surface area contributed by atoms with Crippen LogP contribution in [-0.2, 0) is 0 Å². The summed E-state index contributed by atoms with van der Waals surface area (Å²) in [5.41, 5.74) is 2.02. The van der Waals surface area contributed by atoms with Gasteiger partial charge >= 0.3 is 6.03 Å². The van der Waals surface area contributed by atoms with Crippen LogP contribution < -0.4 is 15.0 Å². The van der Waals surface area contributed by atoms with Gasteiger partial charge < -0.3 is 15.0 Å². The van der Waals surface area contributed by atoms with Crippen LogP contribution in [0.1, 0.15) is 5.56 Å². The van der Waals surface area contributed by atoms with Crippen molar-refractivity contribution in [1.29, 1.82) is 0 Å². The van der Waals surface area contributed by atoms with Crippen LogP contribution in [-0.4, -0.2) is 53.8 Å². The largest absolute Gasteiger partial charge is 0.471 e. The number of urea groups is 1. The Morgan fingerprint density at radius 3 is 2.89 bits per heavy atom. The molecule has 4 rings (SSSR count). The van der Waals surface area contributed by atoms with Gasteiger partial charge in [-0.1, -0.05) is 23.5 Å². The first-order valence-electron chi connectivity index (χ1n) is 8.88. The maximum absolute atomic E-state index is 13.2. The number of anilines is 1. The first-order chi connectivity index (χ1) is 13.2. The lowest BCUT2D eigenvalue weighted by molar-refractivity contribution is 0.188. The predicted molar refractivity (Wildman–Crippen MR) is 106 cm³/mol. The number of pyridine rings is 1. The summed E-state index contributed by atoms with van der Waals surface area (Å²) in [6.45, 7) is 5.05.